The molecule has 5 aromatic rings. The Labute approximate surface area is 228 Å². The molecular weight excluding hydrogens is 478 g/mol. The van der Waals surface area contributed by atoms with E-state index >= 15 is 0 Å². The first-order valence-corrected chi connectivity index (χ1v) is 14.5. The van der Waals surface area contributed by atoms with Crippen LogP contribution in [0.15, 0.2) is 120 Å². The molecule has 0 saturated heterocycles. The number of nitrogens with zero attached hydrogens (tertiary/aromatic N) is 3. The van der Waals surface area contributed by atoms with Crippen molar-refractivity contribution in [2.75, 3.05) is 18.7 Å². The highest BCUT2D eigenvalue weighted by Gasteiger charge is 2.28. The normalized spacial score (nSPS) is 11.6. The van der Waals surface area contributed by atoms with Crippen LogP contribution in [0.4, 0.5) is 11.4 Å². The highest BCUT2D eigenvalue weighted by Crippen LogP contribution is 2.23. The first kappa shape index (κ1) is 25.6. The molecule has 0 bridgehead atoms. The summed E-state index contributed by atoms with van der Waals surface area (Å²) >= 11 is 0. The number of hydrogen-bond acceptors (Lipinski definition) is 2. The Bertz CT molecular complexity index is 1520. The Balaban J connectivity index is 1.75. The van der Waals surface area contributed by atoms with Crippen molar-refractivity contribution in [3.63, 3.8) is 0 Å². The largest absolute Gasteiger partial charge is 0.351 e. The lowest BCUT2D eigenvalue weighted by Crippen LogP contribution is -2.56. The van der Waals surface area contributed by atoms with Crippen LogP contribution in [0.2, 0.25) is 0 Å². The molecule has 0 heterocycles. The van der Waals surface area contributed by atoms with Gasteiger partial charge in [-0.25, -0.2) is 4.99 Å². The van der Waals surface area contributed by atoms with Crippen LogP contribution >= 0.6 is 0 Å². The molecule has 0 unspecified atom stereocenters. The van der Waals surface area contributed by atoms with Crippen molar-refractivity contribution in [2.24, 2.45) is 4.99 Å². The van der Waals surface area contributed by atoms with Gasteiger partial charge in [-0.2, -0.15) is 0 Å². The van der Waals surface area contributed by atoms with Gasteiger partial charge < -0.3 is 9.47 Å². The maximum atomic E-state index is 4.99. The van der Waals surface area contributed by atoms with E-state index in [1.54, 1.807) is 0 Å². The minimum absolute atomic E-state index is 0.889. The maximum Gasteiger partial charge on any atom is 0.248 e. The fourth-order valence-electron chi connectivity index (χ4n) is 4.82. The van der Waals surface area contributed by atoms with E-state index in [4.69, 9.17) is 4.99 Å². The molecule has 1 radical (unpaired) electrons. The first-order valence-electron chi connectivity index (χ1n) is 13.0. The molecule has 3 nitrogen and oxygen atoms in total. The highest BCUT2D eigenvalue weighted by atomic mass is 28.3. The predicted molar refractivity (Wildman–Crippen MR) is 166 cm³/mol. The molecule has 0 aromatic heterocycles. The van der Waals surface area contributed by atoms with Crippen molar-refractivity contribution in [2.45, 2.75) is 20.4 Å². The number of anilines is 1. The fourth-order valence-corrected chi connectivity index (χ4v) is 7.56. The summed E-state index contributed by atoms with van der Waals surface area (Å²) in [7, 11) is 2.77. The van der Waals surface area contributed by atoms with Crippen molar-refractivity contribution in [1.82, 2.24) is 4.90 Å². The Kier molecular flexibility index (Phi) is 7.82. The van der Waals surface area contributed by atoms with Gasteiger partial charge >= 0.3 is 0 Å². The van der Waals surface area contributed by atoms with Crippen molar-refractivity contribution in [3.8, 4) is 0 Å². The summed E-state index contributed by atoms with van der Waals surface area (Å²) in [5, 5.41) is 5.31. The van der Waals surface area contributed by atoms with E-state index in [1.807, 2.05) is 6.34 Å². The molecule has 0 saturated carbocycles. The molecule has 0 aliphatic heterocycles. The molecule has 0 fully saturated rings. The van der Waals surface area contributed by atoms with Crippen LogP contribution in [0, 0.1) is 13.8 Å². The van der Waals surface area contributed by atoms with E-state index in [0.717, 1.165) is 17.9 Å². The van der Waals surface area contributed by atoms with Crippen LogP contribution in [0.5, 0.6) is 0 Å². The summed E-state index contributed by atoms with van der Waals surface area (Å²) in [5.74, 6) is 0. The van der Waals surface area contributed by atoms with Gasteiger partial charge in [0.25, 0.3) is 0 Å². The average molecular weight is 513 g/mol. The summed E-state index contributed by atoms with van der Waals surface area (Å²) < 4.78 is 2.42. The quantitative estimate of drug-likeness (QED) is 0.134. The van der Waals surface area contributed by atoms with Crippen molar-refractivity contribution in [1.29, 1.82) is 0 Å². The number of aryl methyl sites for hydroxylation is 2. The molecule has 0 aliphatic rings. The molecule has 5 rings (SSSR count). The van der Waals surface area contributed by atoms with Gasteiger partial charge in [-0.1, -0.05) is 102 Å². The van der Waals surface area contributed by atoms with Gasteiger partial charge in [-0.15, -0.1) is 0 Å². The molecule has 0 amide bonds. The molecule has 0 aliphatic carbocycles. The molecule has 38 heavy (non-hydrogen) atoms. The first-order chi connectivity index (χ1) is 18.5. The number of aliphatic imine (C=N–C) groups is 1. The average Bonchev–Trinajstić information content (AvgIpc) is 2.93. The third kappa shape index (κ3) is 5.77. The minimum atomic E-state index is -1.50. The fraction of sp³-hybridized carbons (Fsp3) is 0.147. The van der Waals surface area contributed by atoms with E-state index in [2.05, 4.69) is 153 Å². The van der Waals surface area contributed by atoms with Gasteiger partial charge in [-0.05, 0) is 78.9 Å². The summed E-state index contributed by atoms with van der Waals surface area (Å²) in [6, 6.07) is 41.6. The van der Waals surface area contributed by atoms with Crippen molar-refractivity contribution >= 4 is 47.8 Å². The van der Waals surface area contributed by atoms with Crippen LogP contribution in [0.1, 0.15) is 16.7 Å². The van der Waals surface area contributed by atoms with E-state index < -0.39 is 8.96 Å². The molecule has 0 N–H and O–H groups in total. The van der Waals surface area contributed by atoms with E-state index in [-0.39, 0.29) is 0 Å². The summed E-state index contributed by atoms with van der Waals surface area (Å²) in [6.45, 7) is 5.13. The van der Waals surface area contributed by atoms with E-state index in [0.29, 0.717) is 0 Å². The molecule has 189 valence electrons. The lowest BCUT2D eigenvalue weighted by Gasteiger charge is -2.30. The molecule has 4 heteroatoms. The maximum absolute atomic E-state index is 4.99. The molecule has 0 spiro atoms. The Hall–Kier alpha value is -3.99. The van der Waals surface area contributed by atoms with E-state index in [9.17, 15) is 0 Å². The third-order valence-corrected chi connectivity index (χ3v) is 9.35. The zero-order valence-electron chi connectivity index (χ0n) is 22.6. The Morgan fingerprint density at radius 3 is 1.97 bits per heavy atom. The predicted octanol–water partition coefficient (Wildman–Crippen LogP) is 6.49. The zero-order chi connectivity index (χ0) is 26.5. The van der Waals surface area contributed by atoms with Crippen LogP contribution in [-0.2, 0) is 6.54 Å². The molecular formula is C34H34N3Si. The topological polar surface area (TPSA) is 18.8 Å². The number of hydrogen-bond donors (Lipinski definition) is 0. The van der Waals surface area contributed by atoms with Gasteiger partial charge in [0.15, 0.2) is 0 Å². The minimum Gasteiger partial charge on any atom is -0.351 e. The summed E-state index contributed by atoms with van der Waals surface area (Å²) in [4.78, 5) is 7.23. The summed E-state index contributed by atoms with van der Waals surface area (Å²) in [6.07, 6.45) is 2.05. The number of rotatable bonds is 8. The zero-order valence-corrected chi connectivity index (χ0v) is 23.6. The number of benzene rings is 5. The van der Waals surface area contributed by atoms with Gasteiger partial charge in [-0.3, -0.25) is 0 Å². The van der Waals surface area contributed by atoms with Crippen LogP contribution < -0.4 is 14.9 Å². The molecule has 5 aromatic carbocycles. The SMILES string of the molecule is Cc1ccc(N=CN(c2ccc(C)cc2)[Si](c2ccccc2)c2cccc3cccc(CN(C)C)c23)cc1. The lowest BCUT2D eigenvalue weighted by molar-refractivity contribution is 0.404. The number of fused-ring (bicyclic) bond motifs is 1. The monoisotopic (exact) mass is 512 g/mol. The lowest BCUT2D eigenvalue weighted by atomic mass is 10.0. The third-order valence-electron chi connectivity index (χ3n) is 6.69. The van der Waals surface area contributed by atoms with Crippen LogP contribution in [-0.4, -0.2) is 34.3 Å². The van der Waals surface area contributed by atoms with Gasteiger partial charge in [0.2, 0.25) is 8.96 Å². The van der Waals surface area contributed by atoms with Crippen molar-refractivity contribution in [3.05, 3.63) is 132 Å². The van der Waals surface area contributed by atoms with Crippen molar-refractivity contribution < 1.29 is 0 Å². The second kappa shape index (κ2) is 11.6. The highest BCUT2D eigenvalue weighted by molar-refractivity contribution is 6.91. The smallest absolute Gasteiger partial charge is 0.248 e. The van der Waals surface area contributed by atoms with Crippen LogP contribution in [0.25, 0.3) is 10.8 Å². The van der Waals surface area contributed by atoms with Gasteiger partial charge in [0.1, 0.15) is 0 Å². The second-order valence-electron chi connectivity index (χ2n) is 10.1. The second-order valence-corrected chi connectivity index (χ2v) is 12.4. The Morgan fingerprint density at radius 2 is 1.32 bits per heavy atom. The molecule has 0 atom stereocenters. The Morgan fingerprint density at radius 1 is 0.684 bits per heavy atom. The van der Waals surface area contributed by atoms with E-state index in [1.165, 1.54) is 37.8 Å². The van der Waals surface area contributed by atoms with Gasteiger partial charge in [0.05, 0.1) is 12.0 Å². The standard InChI is InChI=1S/C34H34N3Si/c1-26-16-20-30(21-17-26)35-25-37(31-22-18-27(2)19-23-31)38(32-13-6-5-7-14-32)33-15-9-11-28-10-8-12-29(34(28)33)24-36(3)4/h5-23,25H,24H2,1-4H3. The summed E-state index contributed by atoms with van der Waals surface area (Å²) in [5.41, 5.74) is 5.93. The van der Waals surface area contributed by atoms with Gasteiger partial charge in [0, 0.05) is 12.2 Å². The van der Waals surface area contributed by atoms with Crippen LogP contribution in [0.3, 0.4) is 0 Å².